The van der Waals surface area contributed by atoms with Crippen LogP contribution in [0.5, 0.6) is 0 Å². The molecule has 0 saturated carbocycles. The maximum absolute atomic E-state index is 12.6. The van der Waals surface area contributed by atoms with Crippen LogP contribution in [-0.4, -0.2) is 34.5 Å². The van der Waals surface area contributed by atoms with E-state index >= 15 is 0 Å². The Bertz CT molecular complexity index is 1110. The Labute approximate surface area is 169 Å². The van der Waals surface area contributed by atoms with E-state index in [1.807, 2.05) is 74.0 Å². The molecule has 0 aliphatic rings. The molecule has 4 rings (SSSR count). The molecule has 0 fully saturated rings. The molecular weight excluding hydrogens is 362 g/mol. The third-order valence-corrected chi connectivity index (χ3v) is 4.91. The first-order valence-corrected chi connectivity index (χ1v) is 9.61. The molecule has 0 atom stereocenters. The number of aromatic nitrogens is 3. The van der Waals surface area contributed by atoms with Crippen LogP contribution in [0.3, 0.4) is 0 Å². The fraction of sp³-hybridized carbons (Fsp3) is 0.174. The largest absolute Gasteiger partial charge is 0.361 e. The summed E-state index contributed by atoms with van der Waals surface area (Å²) >= 11 is 0. The second-order valence-electron chi connectivity index (χ2n) is 6.94. The molecule has 0 aliphatic carbocycles. The standard InChI is InChI=1S/C23H23N5O/c1-28(14-10-20-6-2-3-11-24-20)22-19(5-4-12-26-22)16-27-23(29)18-7-8-21-17(15-18)9-13-25-21/h2-9,11-13,15,25H,10,14,16H2,1H3,(H,27,29). The van der Waals surface area contributed by atoms with Gasteiger partial charge in [-0.15, -0.1) is 0 Å². The van der Waals surface area contributed by atoms with E-state index < -0.39 is 0 Å². The first kappa shape index (κ1) is 18.7. The van der Waals surface area contributed by atoms with Crippen LogP contribution >= 0.6 is 0 Å². The summed E-state index contributed by atoms with van der Waals surface area (Å²) < 4.78 is 0. The highest BCUT2D eigenvalue weighted by atomic mass is 16.1. The fourth-order valence-electron chi connectivity index (χ4n) is 3.32. The van der Waals surface area contributed by atoms with E-state index in [0.29, 0.717) is 12.1 Å². The minimum atomic E-state index is -0.0981. The zero-order valence-corrected chi connectivity index (χ0v) is 16.3. The van der Waals surface area contributed by atoms with Gasteiger partial charge in [0, 0.05) is 72.9 Å². The Balaban J connectivity index is 1.41. The summed E-state index contributed by atoms with van der Waals surface area (Å²) in [6.45, 7) is 1.21. The van der Waals surface area contributed by atoms with Gasteiger partial charge in [-0.05, 0) is 42.5 Å². The van der Waals surface area contributed by atoms with Crippen molar-refractivity contribution in [2.24, 2.45) is 0 Å². The number of anilines is 1. The molecule has 3 aromatic heterocycles. The topological polar surface area (TPSA) is 73.9 Å². The third-order valence-electron chi connectivity index (χ3n) is 4.91. The maximum atomic E-state index is 12.6. The highest BCUT2D eigenvalue weighted by Gasteiger charge is 2.12. The number of hydrogen-bond donors (Lipinski definition) is 2. The lowest BCUT2D eigenvalue weighted by Gasteiger charge is -2.21. The van der Waals surface area contributed by atoms with Crippen molar-refractivity contribution in [2.75, 3.05) is 18.5 Å². The molecule has 0 saturated heterocycles. The zero-order chi connectivity index (χ0) is 20.1. The van der Waals surface area contributed by atoms with E-state index in [1.165, 1.54) is 0 Å². The number of amides is 1. The molecule has 0 aliphatic heterocycles. The Morgan fingerprint density at radius 3 is 2.83 bits per heavy atom. The molecule has 6 nitrogen and oxygen atoms in total. The summed E-state index contributed by atoms with van der Waals surface area (Å²) in [6, 6.07) is 17.4. The van der Waals surface area contributed by atoms with Crippen LogP contribution in [0.1, 0.15) is 21.6 Å². The average Bonchev–Trinajstić information content (AvgIpc) is 3.24. The van der Waals surface area contributed by atoms with Crippen LogP contribution in [0.15, 0.2) is 73.2 Å². The van der Waals surface area contributed by atoms with Crippen molar-refractivity contribution in [1.82, 2.24) is 20.3 Å². The van der Waals surface area contributed by atoms with Crippen molar-refractivity contribution in [3.63, 3.8) is 0 Å². The van der Waals surface area contributed by atoms with Crippen molar-refractivity contribution in [3.8, 4) is 0 Å². The predicted molar refractivity (Wildman–Crippen MR) is 115 cm³/mol. The Hall–Kier alpha value is -3.67. The SMILES string of the molecule is CN(CCc1ccccn1)c1ncccc1CNC(=O)c1ccc2[nH]ccc2c1. The van der Waals surface area contributed by atoms with Crippen molar-refractivity contribution >= 4 is 22.6 Å². The normalized spacial score (nSPS) is 10.8. The number of fused-ring (bicyclic) bond motifs is 1. The van der Waals surface area contributed by atoms with Crippen LogP contribution in [0.4, 0.5) is 5.82 Å². The van der Waals surface area contributed by atoms with Crippen LogP contribution in [0.2, 0.25) is 0 Å². The lowest BCUT2D eigenvalue weighted by Crippen LogP contribution is -2.27. The number of likely N-dealkylation sites (N-methyl/N-ethyl adjacent to an activating group) is 1. The van der Waals surface area contributed by atoms with Crippen molar-refractivity contribution < 1.29 is 4.79 Å². The fourth-order valence-corrected chi connectivity index (χ4v) is 3.32. The van der Waals surface area contributed by atoms with Gasteiger partial charge in [-0.1, -0.05) is 12.1 Å². The van der Waals surface area contributed by atoms with Crippen LogP contribution in [0.25, 0.3) is 10.9 Å². The zero-order valence-electron chi connectivity index (χ0n) is 16.3. The average molecular weight is 385 g/mol. The Kier molecular flexibility index (Phi) is 5.52. The van der Waals surface area contributed by atoms with E-state index in [0.717, 1.165) is 40.9 Å². The highest BCUT2D eigenvalue weighted by molar-refractivity contribution is 5.98. The molecule has 4 aromatic rings. The van der Waals surface area contributed by atoms with Crippen molar-refractivity contribution in [3.05, 3.63) is 90.0 Å². The summed E-state index contributed by atoms with van der Waals surface area (Å²) in [5.74, 6) is 0.767. The number of nitrogens with zero attached hydrogens (tertiary/aromatic N) is 3. The van der Waals surface area contributed by atoms with Gasteiger partial charge in [0.1, 0.15) is 5.82 Å². The Morgan fingerprint density at radius 1 is 1.07 bits per heavy atom. The van der Waals surface area contributed by atoms with Gasteiger partial charge in [-0.3, -0.25) is 9.78 Å². The summed E-state index contributed by atoms with van der Waals surface area (Å²) in [5.41, 5.74) is 3.69. The number of carbonyl (C=O) groups is 1. The van der Waals surface area contributed by atoms with Gasteiger partial charge in [0.05, 0.1) is 0 Å². The number of rotatable bonds is 7. The number of hydrogen-bond acceptors (Lipinski definition) is 4. The minimum absolute atomic E-state index is 0.0981. The molecule has 0 unspecified atom stereocenters. The monoisotopic (exact) mass is 385 g/mol. The van der Waals surface area contributed by atoms with Crippen molar-refractivity contribution in [1.29, 1.82) is 0 Å². The number of pyridine rings is 2. The molecule has 1 amide bonds. The molecule has 0 spiro atoms. The molecular formula is C23H23N5O. The molecule has 6 heteroatoms. The highest BCUT2D eigenvalue weighted by Crippen LogP contribution is 2.17. The Morgan fingerprint density at radius 2 is 1.97 bits per heavy atom. The molecule has 0 bridgehead atoms. The lowest BCUT2D eigenvalue weighted by atomic mass is 10.1. The van der Waals surface area contributed by atoms with Gasteiger partial charge in [0.15, 0.2) is 0 Å². The molecule has 1 aromatic carbocycles. The van der Waals surface area contributed by atoms with Crippen LogP contribution < -0.4 is 10.2 Å². The molecule has 3 heterocycles. The van der Waals surface area contributed by atoms with Crippen LogP contribution in [-0.2, 0) is 13.0 Å². The van der Waals surface area contributed by atoms with E-state index in [-0.39, 0.29) is 5.91 Å². The van der Waals surface area contributed by atoms with E-state index in [4.69, 9.17) is 0 Å². The second-order valence-corrected chi connectivity index (χ2v) is 6.94. The van der Waals surface area contributed by atoms with E-state index in [1.54, 1.807) is 6.20 Å². The number of nitrogens with one attached hydrogen (secondary N) is 2. The maximum Gasteiger partial charge on any atom is 0.251 e. The first-order chi connectivity index (χ1) is 14.2. The third kappa shape index (κ3) is 4.43. The van der Waals surface area contributed by atoms with E-state index in [9.17, 15) is 4.79 Å². The number of benzene rings is 1. The van der Waals surface area contributed by atoms with Gasteiger partial charge in [0.2, 0.25) is 0 Å². The van der Waals surface area contributed by atoms with Gasteiger partial charge in [0.25, 0.3) is 5.91 Å². The van der Waals surface area contributed by atoms with Gasteiger partial charge in [-0.25, -0.2) is 4.98 Å². The number of carbonyl (C=O) groups excluding carboxylic acids is 1. The lowest BCUT2D eigenvalue weighted by molar-refractivity contribution is 0.0951. The van der Waals surface area contributed by atoms with Crippen molar-refractivity contribution in [2.45, 2.75) is 13.0 Å². The molecule has 2 N–H and O–H groups in total. The minimum Gasteiger partial charge on any atom is -0.361 e. The second kappa shape index (κ2) is 8.56. The number of aromatic amines is 1. The molecule has 146 valence electrons. The van der Waals surface area contributed by atoms with Gasteiger partial charge < -0.3 is 15.2 Å². The van der Waals surface area contributed by atoms with Gasteiger partial charge in [-0.2, -0.15) is 0 Å². The van der Waals surface area contributed by atoms with Crippen LogP contribution in [0, 0.1) is 0 Å². The van der Waals surface area contributed by atoms with Gasteiger partial charge >= 0.3 is 0 Å². The first-order valence-electron chi connectivity index (χ1n) is 9.61. The smallest absolute Gasteiger partial charge is 0.251 e. The summed E-state index contributed by atoms with van der Waals surface area (Å²) in [5, 5.41) is 4.04. The number of H-pyrrole nitrogens is 1. The summed E-state index contributed by atoms with van der Waals surface area (Å²) in [6.07, 6.45) is 6.28. The summed E-state index contributed by atoms with van der Waals surface area (Å²) in [4.78, 5) is 26.7. The quantitative estimate of drug-likeness (QED) is 0.510. The van der Waals surface area contributed by atoms with E-state index in [2.05, 4.69) is 25.2 Å². The summed E-state index contributed by atoms with van der Waals surface area (Å²) in [7, 11) is 2.01. The molecule has 29 heavy (non-hydrogen) atoms. The molecule has 0 radical (unpaired) electrons. The predicted octanol–water partition coefficient (Wildman–Crippen LogP) is 3.57.